The number of carbonyl (C=O) groups excluding carboxylic acids is 1. The lowest BCUT2D eigenvalue weighted by Crippen LogP contribution is -2.34. The van der Waals surface area contributed by atoms with Crippen molar-refractivity contribution in [2.75, 3.05) is 32.8 Å². The van der Waals surface area contributed by atoms with Crippen molar-refractivity contribution in [3.63, 3.8) is 0 Å². The molecule has 0 bridgehead atoms. The van der Waals surface area contributed by atoms with Crippen molar-refractivity contribution < 1.29 is 9.90 Å². The zero-order valence-electron chi connectivity index (χ0n) is 15.4. The van der Waals surface area contributed by atoms with Gasteiger partial charge in [-0.3, -0.25) is 4.79 Å². The molecule has 1 amide bonds. The van der Waals surface area contributed by atoms with Gasteiger partial charge >= 0.3 is 0 Å². The molecule has 4 nitrogen and oxygen atoms in total. The van der Waals surface area contributed by atoms with Gasteiger partial charge in [-0.25, -0.2) is 0 Å². The zero-order chi connectivity index (χ0) is 17.2. The van der Waals surface area contributed by atoms with E-state index >= 15 is 0 Å². The van der Waals surface area contributed by atoms with Gasteiger partial charge < -0.3 is 15.3 Å². The van der Waals surface area contributed by atoms with Crippen LogP contribution in [-0.4, -0.2) is 48.7 Å². The van der Waals surface area contributed by atoms with Crippen molar-refractivity contribution in [3.05, 3.63) is 12.2 Å². The average molecular weight is 327 g/mol. The van der Waals surface area contributed by atoms with Crippen LogP contribution in [0.2, 0.25) is 0 Å². The molecule has 0 saturated heterocycles. The number of allylic oxidation sites excluding steroid dienone is 1. The predicted octanol–water partition coefficient (Wildman–Crippen LogP) is 3.50. The third-order valence-corrected chi connectivity index (χ3v) is 4.05. The summed E-state index contributed by atoms with van der Waals surface area (Å²) >= 11 is 0. The highest BCUT2D eigenvalue weighted by atomic mass is 16.2. The fraction of sp³-hybridized carbons (Fsp3) is 0.842. The Morgan fingerprint density at radius 2 is 1.70 bits per heavy atom. The Balaban J connectivity index is 3.57. The van der Waals surface area contributed by atoms with Gasteiger partial charge in [-0.2, -0.15) is 0 Å². The van der Waals surface area contributed by atoms with Crippen molar-refractivity contribution >= 4 is 5.91 Å². The molecule has 0 saturated carbocycles. The number of nitrogens with zero attached hydrogens (tertiary/aromatic N) is 1. The third-order valence-electron chi connectivity index (χ3n) is 4.05. The molecule has 0 atom stereocenters. The summed E-state index contributed by atoms with van der Waals surface area (Å²) in [5, 5.41) is 11.7. The van der Waals surface area contributed by atoms with Gasteiger partial charge in [-0.05, 0) is 38.4 Å². The second-order valence-electron chi connectivity index (χ2n) is 6.11. The largest absolute Gasteiger partial charge is 0.396 e. The van der Waals surface area contributed by atoms with Gasteiger partial charge in [0.2, 0.25) is 5.91 Å². The molecule has 0 aromatic carbocycles. The van der Waals surface area contributed by atoms with Crippen LogP contribution >= 0.6 is 0 Å². The van der Waals surface area contributed by atoms with Crippen molar-refractivity contribution in [2.24, 2.45) is 0 Å². The van der Waals surface area contributed by atoms with Crippen LogP contribution in [0.4, 0.5) is 0 Å². The van der Waals surface area contributed by atoms with Gasteiger partial charge in [0.15, 0.2) is 0 Å². The molecule has 136 valence electrons. The van der Waals surface area contributed by atoms with Gasteiger partial charge in [-0.1, -0.05) is 58.4 Å². The highest BCUT2D eigenvalue weighted by molar-refractivity contribution is 5.87. The maximum absolute atomic E-state index is 11.6. The van der Waals surface area contributed by atoms with Gasteiger partial charge in [0.1, 0.15) is 0 Å². The van der Waals surface area contributed by atoms with E-state index in [1.54, 1.807) is 6.08 Å². The molecule has 4 heteroatoms. The number of likely N-dealkylation sites (N-methyl/N-ethyl adjacent to an activating group) is 1. The van der Waals surface area contributed by atoms with E-state index < -0.39 is 0 Å². The third kappa shape index (κ3) is 15.8. The van der Waals surface area contributed by atoms with Crippen molar-refractivity contribution in [2.45, 2.75) is 71.6 Å². The van der Waals surface area contributed by atoms with Gasteiger partial charge in [0.25, 0.3) is 0 Å². The average Bonchev–Trinajstić information content (AvgIpc) is 2.56. The molecule has 0 unspecified atom stereocenters. The summed E-state index contributed by atoms with van der Waals surface area (Å²) < 4.78 is 0. The van der Waals surface area contributed by atoms with Gasteiger partial charge in [-0.15, -0.1) is 0 Å². The van der Waals surface area contributed by atoms with Gasteiger partial charge in [0, 0.05) is 19.7 Å². The van der Waals surface area contributed by atoms with Crippen molar-refractivity contribution in [1.82, 2.24) is 10.2 Å². The highest BCUT2D eigenvalue weighted by Crippen LogP contribution is 2.05. The van der Waals surface area contributed by atoms with E-state index in [1.807, 2.05) is 6.08 Å². The number of rotatable bonds is 16. The van der Waals surface area contributed by atoms with Crippen LogP contribution in [0.3, 0.4) is 0 Å². The van der Waals surface area contributed by atoms with E-state index in [1.165, 1.54) is 32.1 Å². The van der Waals surface area contributed by atoms with Crippen LogP contribution in [0.5, 0.6) is 0 Å². The van der Waals surface area contributed by atoms with Crippen LogP contribution < -0.4 is 5.32 Å². The van der Waals surface area contributed by atoms with Crippen LogP contribution in [-0.2, 0) is 4.79 Å². The molecule has 0 heterocycles. The normalized spacial score (nSPS) is 11.5. The molecule has 0 fully saturated rings. The summed E-state index contributed by atoms with van der Waals surface area (Å²) in [7, 11) is 0. The van der Waals surface area contributed by atoms with E-state index in [0.717, 1.165) is 51.9 Å². The molecule has 0 aromatic heterocycles. The maximum atomic E-state index is 11.6. The number of hydrogen-bond donors (Lipinski definition) is 2. The minimum absolute atomic E-state index is 0.0287. The van der Waals surface area contributed by atoms with Crippen molar-refractivity contribution in [1.29, 1.82) is 0 Å². The number of nitrogens with one attached hydrogen (secondary N) is 1. The second-order valence-corrected chi connectivity index (χ2v) is 6.11. The van der Waals surface area contributed by atoms with E-state index in [-0.39, 0.29) is 5.91 Å². The minimum Gasteiger partial charge on any atom is -0.396 e. The first-order valence-electron chi connectivity index (χ1n) is 9.52. The Morgan fingerprint density at radius 1 is 1.00 bits per heavy atom. The van der Waals surface area contributed by atoms with Crippen molar-refractivity contribution in [3.8, 4) is 0 Å². The van der Waals surface area contributed by atoms with Crippen LogP contribution in [0.1, 0.15) is 71.6 Å². The molecule has 0 aliphatic carbocycles. The first kappa shape index (κ1) is 22.1. The monoisotopic (exact) mass is 326 g/mol. The summed E-state index contributed by atoms with van der Waals surface area (Å²) in [6, 6.07) is 0. The Morgan fingerprint density at radius 3 is 2.35 bits per heavy atom. The smallest absolute Gasteiger partial charge is 0.243 e. The number of carbonyl (C=O) groups is 1. The fourth-order valence-corrected chi connectivity index (χ4v) is 2.49. The highest BCUT2D eigenvalue weighted by Gasteiger charge is 2.02. The summed E-state index contributed by atoms with van der Waals surface area (Å²) in [6.45, 7) is 8.45. The number of unbranched alkanes of at least 4 members (excludes halogenated alkanes) is 7. The number of aliphatic hydroxyl groups is 1. The molecular weight excluding hydrogens is 288 g/mol. The molecule has 0 rings (SSSR count). The molecule has 0 aliphatic rings. The Kier molecular flexibility index (Phi) is 16.8. The SMILES string of the molecule is CCCC/C=C/C(=O)NCCN(CC)CCCCCCCCO. The lowest BCUT2D eigenvalue weighted by atomic mass is 10.1. The quantitative estimate of drug-likeness (QED) is 0.337. The molecular formula is C19H38N2O2. The number of amides is 1. The van der Waals surface area contributed by atoms with E-state index in [0.29, 0.717) is 6.61 Å². The first-order valence-corrected chi connectivity index (χ1v) is 9.52. The fourth-order valence-electron chi connectivity index (χ4n) is 2.49. The van der Waals surface area contributed by atoms with Crippen LogP contribution in [0.15, 0.2) is 12.2 Å². The van der Waals surface area contributed by atoms with Crippen LogP contribution in [0.25, 0.3) is 0 Å². The molecule has 2 N–H and O–H groups in total. The minimum atomic E-state index is 0.0287. The van der Waals surface area contributed by atoms with E-state index in [2.05, 4.69) is 24.1 Å². The topological polar surface area (TPSA) is 52.6 Å². The lowest BCUT2D eigenvalue weighted by molar-refractivity contribution is -0.116. The standard InChI is InChI=1S/C19H38N2O2/c1-3-5-6-11-14-19(23)20-15-17-21(4-2)16-12-9-7-8-10-13-18-22/h11,14,22H,3-10,12-13,15-18H2,1-2H3,(H,20,23)/b14-11+. The summed E-state index contributed by atoms with van der Waals surface area (Å²) in [5.41, 5.74) is 0. The number of hydrogen-bond acceptors (Lipinski definition) is 3. The summed E-state index contributed by atoms with van der Waals surface area (Å²) in [5.74, 6) is 0.0287. The second kappa shape index (κ2) is 17.5. The Hall–Kier alpha value is -0.870. The molecule has 0 spiro atoms. The number of aliphatic hydroxyl groups excluding tert-OH is 1. The lowest BCUT2D eigenvalue weighted by Gasteiger charge is -2.20. The predicted molar refractivity (Wildman–Crippen MR) is 98.6 cm³/mol. The summed E-state index contributed by atoms with van der Waals surface area (Å²) in [6.07, 6.45) is 14.0. The Bertz CT molecular complexity index is 293. The van der Waals surface area contributed by atoms with E-state index in [9.17, 15) is 4.79 Å². The Labute approximate surface area is 143 Å². The maximum Gasteiger partial charge on any atom is 0.243 e. The molecule has 0 aliphatic heterocycles. The first-order chi connectivity index (χ1) is 11.2. The molecule has 23 heavy (non-hydrogen) atoms. The van der Waals surface area contributed by atoms with Gasteiger partial charge in [0.05, 0.1) is 0 Å². The molecule has 0 aromatic rings. The zero-order valence-corrected chi connectivity index (χ0v) is 15.4. The molecule has 0 radical (unpaired) electrons. The van der Waals surface area contributed by atoms with E-state index in [4.69, 9.17) is 5.11 Å². The summed E-state index contributed by atoms with van der Waals surface area (Å²) in [4.78, 5) is 14.0. The van der Waals surface area contributed by atoms with Crippen LogP contribution in [0, 0.1) is 0 Å².